The minimum Gasteiger partial charge on any atom is -0.449 e. The highest BCUT2D eigenvalue weighted by Gasteiger charge is 2.61. The second kappa shape index (κ2) is 5.52. The quantitative estimate of drug-likeness (QED) is 0.530. The van der Waals surface area contributed by atoms with Crippen LogP contribution in [0.25, 0.3) is 0 Å². The van der Waals surface area contributed by atoms with Crippen molar-refractivity contribution in [2.45, 2.75) is 43.4 Å². The maximum Gasteiger partial charge on any atom is 0.332 e. The highest BCUT2D eigenvalue weighted by molar-refractivity contribution is 5.90. The number of hydrogen-bond donors (Lipinski definition) is 0. The first-order chi connectivity index (χ1) is 12.5. The van der Waals surface area contributed by atoms with Gasteiger partial charge in [0, 0.05) is 41.3 Å². The second-order valence-corrected chi connectivity index (χ2v) is 7.38. The lowest BCUT2D eigenvalue weighted by Gasteiger charge is -2.38. The van der Waals surface area contributed by atoms with Gasteiger partial charge in [-0.25, -0.2) is 13.6 Å². The van der Waals surface area contributed by atoms with Crippen molar-refractivity contribution in [3.63, 3.8) is 0 Å². The molecule has 5 heteroatoms. The molecular formula is C21H17F2NO2. The molecule has 0 saturated carbocycles. The van der Waals surface area contributed by atoms with E-state index in [9.17, 15) is 13.6 Å². The Bertz CT molecular complexity index is 919. The van der Waals surface area contributed by atoms with E-state index in [1.807, 2.05) is 0 Å². The second-order valence-electron chi connectivity index (χ2n) is 7.38. The van der Waals surface area contributed by atoms with Crippen molar-refractivity contribution < 1.29 is 18.3 Å². The lowest BCUT2D eigenvalue weighted by molar-refractivity contribution is -0.148. The molecule has 0 amide bonds. The third-order valence-corrected chi connectivity index (χ3v) is 5.87. The van der Waals surface area contributed by atoms with Crippen LogP contribution in [-0.2, 0) is 9.53 Å². The van der Waals surface area contributed by atoms with E-state index in [-0.39, 0.29) is 23.6 Å². The fourth-order valence-electron chi connectivity index (χ4n) is 4.94. The summed E-state index contributed by atoms with van der Waals surface area (Å²) in [4.78, 5) is 14.5. The van der Waals surface area contributed by atoms with E-state index in [1.54, 1.807) is 6.08 Å². The zero-order valence-corrected chi connectivity index (χ0v) is 14.1. The van der Waals surface area contributed by atoms with Crippen molar-refractivity contribution in [3.05, 3.63) is 58.7 Å². The number of carbonyl (C=O) groups is 1. The standard InChI is InChI=1S/C21H17F2NO2/c22-15-7-13(8-16(23)10-15)4-5-14-9-17-12-21(18(14)11-20(25)26-21)19-3-1-2-6-24(17)19/h7-11,17,19H,1-3,6,12H2. The summed E-state index contributed by atoms with van der Waals surface area (Å²) in [6.07, 6.45) is 7.68. The molecule has 1 aromatic rings. The van der Waals surface area contributed by atoms with Gasteiger partial charge in [-0.1, -0.05) is 24.3 Å². The van der Waals surface area contributed by atoms with Gasteiger partial charge in [0.1, 0.15) is 11.6 Å². The number of carbonyl (C=O) groups excluding carboxylic acids is 1. The molecule has 3 aliphatic heterocycles. The van der Waals surface area contributed by atoms with E-state index in [2.05, 4.69) is 22.8 Å². The Morgan fingerprint density at radius 2 is 1.96 bits per heavy atom. The number of piperidine rings is 1. The van der Waals surface area contributed by atoms with Crippen molar-refractivity contribution >= 4 is 5.97 Å². The van der Waals surface area contributed by atoms with Crippen molar-refractivity contribution in [1.29, 1.82) is 0 Å². The molecule has 132 valence electrons. The van der Waals surface area contributed by atoms with Gasteiger partial charge in [-0.05, 0) is 31.5 Å². The van der Waals surface area contributed by atoms with Crippen molar-refractivity contribution in [1.82, 2.24) is 4.90 Å². The van der Waals surface area contributed by atoms with Crippen LogP contribution in [0.15, 0.2) is 41.5 Å². The number of esters is 1. The topological polar surface area (TPSA) is 29.5 Å². The number of ether oxygens (including phenoxy) is 1. The van der Waals surface area contributed by atoms with Gasteiger partial charge in [-0.3, -0.25) is 4.90 Å². The SMILES string of the molecule is O=C1C=C2C(C#Cc3cc(F)cc(F)c3)=CC3CC2(O1)C1CCCCN31. The molecule has 1 aromatic carbocycles. The molecule has 0 radical (unpaired) electrons. The lowest BCUT2D eigenvalue weighted by atomic mass is 9.77. The summed E-state index contributed by atoms with van der Waals surface area (Å²) < 4.78 is 32.6. The van der Waals surface area contributed by atoms with Gasteiger partial charge in [0.05, 0.1) is 6.04 Å². The summed E-state index contributed by atoms with van der Waals surface area (Å²) >= 11 is 0. The maximum absolute atomic E-state index is 13.4. The summed E-state index contributed by atoms with van der Waals surface area (Å²) in [5.41, 5.74) is 1.25. The number of nitrogens with zero attached hydrogens (tertiary/aromatic N) is 1. The highest BCUT2D eigenvalue weighted by atomic mass is 19.1. The van der Waals surface area contributed by atoms with Crippen molar-refractivity contribution in [3.8, 4) is 11.8 Å². The number of halogens is 2. The normalized spacial score (nSPS) is 32.0. The van der Waals surface area contributed by atoms with Gasteiger partial charge in [-0.2, -0.15) is 0 Å². The van der Waals surface area contributed by atoms with Crippen LogP contribution in [-0.4, -0.2) is 35.1 Å². The Morgan fingerprint density at radius 3 is 2.77 bits per heavy atom. The molecule has 2 fully saturated rings. The molecule has 2 saturated heterocycles. The average Bonchev–Trinajstić information content (AvgIpc) is 3.08. The fraction of sp³-hybridized carbons (Fsp3) is 0.381. The number of rotatable bonds is 0. The van der Waals surface area contributed by atoms with Gasteiger partial charge in [0.25, 0.3) is 0 Å². The van der Waals surface area contributed by atoms with Crippen LogP contribution < -0.4 is 0 Å². The molecule has 3 atom stereocenters. The molecule has 5 rings (SSSR count). The zero-order valence-electron chi connectivity index (χ0n) is 14.1. The molecule has 1 spiro atoms. The van der Waals surface area contributed by atoms with E-state index >= 15 is 0 Å². The van der Waals surface area contributed by atoms with Crippen LogP contribution >= 0.6 is 0 Å². The van der Waals surface area contributed by atoms with Gasteiger partial charge in [-0.15, -0.1) is 0 Å². The van der Waals surface area contributed by atoms with Crippen LogP contribution in [0.5, 0.6) is 0 Å². The van der Waals surface area contributed by atoms with Gasteiger partial charge in [0.2, 0.25) is 0 Å². The molecule has 26 heavy (non-hydrogen) atoms. The predicted octanol–water partition coefficient (Wildman–Crippen LogP) is 3.11. The molecule has 1 aliphatic carbocycles. The van der Waals surface area contributed by atoms with E-state index in [0.717, 1.165) is 49.4 Å². The van der Waals surface area contributed by atoms with Crippen LogP contribution in [0.2, 0.25) is 0 Å². The molecule has 4 aliphatic rings. The summed E-state index contributed by atoms with van der Waals surface area (Å²) in [6, 6.07) is 3.62. The first-order valence-electron chi connectivity index (χ1n) is 8.96. The monoisotopic (exact) mass is 353 g/mol. The van der Waals surface area contributed by atoms with Crippen LogP contribution in [0.4, 0.5) is 8.78 Å². The average molecular weight is 353 g/mol. The molecule has 3 unspecified atom stereocenters. The third kappa shape index (κ3) is 2.25. The molecular weight excluding hydrogens is 336 g/mol. The van der Waals surface area contributed by atoms with Gasteiger partial charge < -0.3 is 4.74 Å². The molecule has 0 aromatic heterocycles. The number of hydrogen-bond acceptors (Lipinski definition) is 3. The Kier molecular flexibility index (Phi) is 3.35. The first kappa shape index (κ1) is 15.8. The summed E-state index contributed by atoms with van der Waals surface area (Å²) in [7, 11) is 0. The van der Waals surface area contributed by atoms with Gasteiger partial charge >= 0.3 is 5.97 Å². The maximum atomic E-state index is 13.4. The Balaban J connectivity index is 1.57. The summed E-state index contributed by atoms with van der Waals surface area (Å²) in [5, 5.41) is 0. The number of fused-ring (bicyclic) bond motifs is 3. The fourth-order valence-corrected chi connectivity index (χ4v) is 4.94. The molecule has 3 nitrogen and oxygen atoms in total. The summed E-state index contributed by atoms with van der Waals surface area (Å²) in [5.74, 6) is 4.26. The van der Waals surface area contributed by atoms with Crippen LogP contribution in [0.1, 0.15) is 31.2 Å². The van der Waals surface area contributed by atoms with Gasteiger partial charge in [0.15, 0.2) is 5.60 Å². The molecule has 3 heterocycles. The van der Waals surface area contributed by atoms with E-state index in [0.29, 0.717) is 0 Å². The number of benzene rings is 1. The predicted molar refractivity (Wildman–Crippen MR) is 91.0 cm³/mol. The Morgan fingerprint density at radius 1 is 1.15 bits per heavy atom. The summed E-state index contributed by atoms with van der Waals surface area (Å²) in [6.45, 7) is 0.994. The highest BCUT2D eigenvalue weighted by Crippen LogP contribution is 2.53. The van der Waals surface area contributed by atoms with Crippen LogP contribution in [0.3, 0.4) is 0 Å². The van der Waals surface area contributed by atoms with E-state index in [4.69, 9.17) is 4.74 Å². The van der Waals surface area contributed by atoms with Crippen LogP contribution in [0, 0.1) is 23.5 Å². The Labute approximate surface area is 150 Å². The van der Waals surface area contributed by atoms with Crippen molar-refractivity contribution in [2.75, 3.05) is 6.54 Å². The van der Waals surface area contributed by atoms with Crippen molar-refractivity contribution in [2.24, 2.45) is 0 Å². The first-order valence-corrected chi connectivity index (χ1v) is 8.96. The minimum atomic E-state index is -0.654. The van der Waals surface area contributed by atoms with E-state index < -0.39 is 17.2 Å². The molecule has 2 bridgehead atoms. The Hall–Kier alpha value is -2.45. The molecule has 0 N–H and O–H groups in total. The minimum absolute atomic E-state index is 0.192. The lowest BCUT2D eigenvalue weighted by Crippen LogP contribution is -2.48. The smallest absolute Gasteiger partial charge is 0.332 e. The largest absolute Gasteiger partial charge is 0.449 e. The zero-order chi connectivity index (χ0) is 17.9. The van der Waals surface area contributed by atoms with E-state index in [1.165, 1.54) is 12.1 Å². The third-order valence-electron chi connectivity index (χ3n) is 5.87.